The molecule has 0 amide bonds. The second-order valence-electron chi connectivity index (χ2n) is 3.85. The third kappa shape index (κ3) is 3.09. The molecule has 0 spiro atoms. The molecule has 16 heavy (non-hydrogen) atoms. The predicted molar refractivity (Wildman–Crippen MR) is 72.9 cm³/mol. The first-order valence-corrected chi connectivity index (χ1v) is 6.13. The van der Waals surface area contributed by atoms with Crippen LogP contribution < -0.4 is 16.0 Å². The number of halogens is 1. The lowest BCUT2D eigenvalue weighted by atomic mass is 10.2. The number of rotatable bonds is 5. The minimum Gasteiger partial charge on any atom is -0.397 e. The van der Waals surface area contributed by atoms with Gasteiger partial charge in [-0.05, 0) is 48.4 Å². The van der Waals surface area contributed by atoms with Gasteiger partial charge in [0, 0.05) is 13.6 Å². The molecular weight excluding hydrogens is 268 g/mol. The summed E-state index contributed by atoms with van der Waals surface area (Å²) in [6.07, 6.45) is 2.80. The van der Waals surface area contributed by atoms with Gasteiger partial charge in [0.1, 0.15) is 5.82 Å². The average Bonchev–Trinajstić information content (AvgIpc) is 2.26. The van der Waals surface area contributed by atoms with E-state index in [-0.39, 0.29) is 0 Å². The van der Waals surface area contributed by atoms with Crippen molar-refractivity contribution in [2.45, 2.75) is 13.3 Å². The number of aromatic nitrogens is 1. The minimum absolute atomic E-state index is 0.722. The van der Waals surface area contributed by atoms with E-state index in [1.54, 1.807) is 6.20 Å². The molecule has 0 aliphatic carbocycles. The Balaban J connectivity index is 2.76. The van der Waals surface area contributed by atoms with E-state index in [0.717, 1.165) is 41.1 Å². The number of anilines is 2. The molecular formula is C11H19BrN4. The lowest BCUT2D eigenvalue weighted by Crippen LogP contribution is -2.23. The molecule has 0 radical (unpaired) electrons. The molecule has 1 aromatic heterocycles. The Morgan fingerprint density at radius 3 is 2.88 bits per heavy atom. The number of hydrogen-bond acceptors (Lipinski definition) is 4. The monoisotopic (exact) mass is 286 g/mol. The molecule has 1 heterocycles. The van der Waals surface area contributed by atoms with Crippen molar-refractivity contribution in [2.24, 2.45) is 0 Å². The van der Waals surface area contributed by atoms with Crippen LogP contribution >= 0.6 is 15.9 Å². The summed E-state index contributed by atoms with van der Waals surface area (Å²) >= 11 is 3.54. The summed E-state index contributed by atoms with van der Waals surface area (Å²) in [5.74, 6) is 0.947. The summed E-state index contributed by atoms with van der Waals surface area (Å²) in [5, 5.41) is 3.13. The first kappa shape index (κ1) is 13.3. The molecule has 0 aliphatic heterocycles. The summed E-state index contributed by atoms with van der Waals surface area (Å²) < 4.78 is 0.986. The highest BCUT2D eigenvalue weighted by atomic mass is 79.9. The largest absolute Gasteiger partial charge is 0.397 e. The van der Waals surface area contributed by atoms with Gasteiger partial charge in [-0.15, -0.1) is 0 Å². The van der Waals surface area contributed by atoms with Crippen molar-refractivity contribution in [2.75, 3.05) is 37.8 Å². The molecule has 5 heteroatoms. The third-order valence-electron chi connectivity index (χ3n) is 2.57. The standard InChI is InChI=1S/C11H19BrN4/c1-8-9(13)7-15-11(10(8)12)16(3)6-4-5-14-2/h7,14H,4-6,13H2,1-3H3. The highest BCUT2D eigenvalue weighted by Crippen LogP contribution is 2.29. The number of nitrogen functional groups attached to an aromatic ring is 1. The van der Waals surface area contributed by atoms with E-state index in [4.69, 9.17) is 5.73 Å². The Bertz CT molecular complexity index is 354. The SMILES string of the molecule is CNCCCN(C)c1ncc(N)c(C)c1Br. The van der Waals surface area contributed by atoms with Gasteiger partial charge in [-0.1, -0.05) is 0 Å². The van der Waals surface area contributed by atoms with Crippen LogP contribution in [0.2, 0.25) is 0 Å². The van der Waals surface area contributed by atoms with Crippen LogP contribution in [0.1, 0.15) is 12.0 Å². The number of nitrogens with one attached hydrogen (secondary N) is 1. The summed E-state index contributed by atoms with van der Waals surface area (Å²) in [7, 11) is 4.00. The maximum Gasteiger partial charge on any atom is 0.143 e. The van der Waals surface area contributed by atoms with Crippen molar-refractivity contribution in [3.8, 4) is 0 Å². The maximum absolute atomic E-state index is 5.79. The lowest BCUT2D eigenvalue weighted by Gasteiger charge is -2.20. The Kier molecular flexibility index (Phi) is 5.02. The smallest absolute Gasteiger partial charge is 0.143 e. The molecule has 90 valence electrons. The van der Waals surface area contributed by atoms with Crippen molar-refractivity contribution < 1.29 is 0 Å². The highest BCUT2D eigenvalue weighted by molar-refractivity contribution is 9.10. The zero-order chi connectivity index (χ0) is 12.1. The number of nitrogens with two attached hydrogens (primary N) is 1. The zero-order valence-electron chi connectivity index (χ0n) is 10.0. The number of hydrogen-bond donors (Lipinski definition) is 2. The Labute approximate surface area is 105 Å². The van der Waals surface area contributed by atoms with Crippen LogP contribution in [0.5, 0.6) is 0 Å². The van der Waals surface area contributed by atoms with Crippen molar-refractivity contribution in [3.63, 3.8) is 0 Å². The molecule has 0 aromatic carbocycles. The molecule has 3 N–H and O–H groups in total. The number of pyridine rings is 1. The summed E-state index contributed by atoms with van der Waals surface area (Å²) in [5.41, 5.74) is 7.56. The van der Waals surface area contributed by atoms with Crippen LogP contribution in [-0.4, -0.2) is 32.2 Å². The first-order valence-electron chi connectivity index (χ1n) is 5.34. The fraction of sp³-hybridized carbons (Fsp3) is 0.545. The number of nitrogens with zero attached hydrogens (tertiary/aromatic N) is 2. The van der Waals surface area contributed by atoms with Crippen LogP contribution in [-0.2, 0) is 0 Å². The Morgan fingerprint density at radius 1 is 1.56 bits per heavy atom. The van der Waals surface area contributed by atoms with Crippen molar-refractivity contribution in [3.05, 3.63) is 16.2 Å². The van der Waals surface area contributed by atoms with Gasteiger partial charge in [0.2, 0.25) is 0 Å². The molecule has 0 saturated carbocycles. The van der Waals surface area contributed by atoms with Gasteiger partial charge in [-0.25, -0.2) is 4.98 Å². The summed E-state index contributed by atoms with van der Waals surface area (Å²) in [6, 6.07) is 0. The summed E-state index contributed by atoms with van der Waals surface area (Å²) in [6.45, 7) is 3.97. The summed E-state index contributed by atoms with van der Waals surface area (Å²) in [4.78, 5) is 6.48. The predicted octanol–water partition coefficient (Wildman–Crippen LogP) is 1.78. The molecule has 0 aliphatic rings. The van der Waals surface area contributed by atoms with Crippen molar-refractivity contribution >= 4 is 27.4 Å². The van der Waals surface area contributed by atoms with E-state index in [9.17, 15) is 0 Å². The highest BCUT2D eigenvalue weighted by Gasteiger charge is 2.10. The normalized spacial score (nSPS) is 10.5. The Hall–Kier alpha value is -0.810. The van der Waals surface area contributed by atoms with Crippen LogP contribution in [0.4, 0.5) is 11.5 Å². The van der Waals surface area contributed by atoms with E-state index in [1.165, 1.54) is 0 Å². The first-order chi connectivity index (χ1) is 7.57. The molecule has 1 rings (SSSR count). The molecule has 4 nitrogen and oxygen atoms in total. The van der Waals surface area contributed by atoms with Crippen LogP contribution in [0.15, 0.2) is 10.7 Å². The van der Waals surface area contributed by atoms with E-state index in [0.29, 0.717) is 0 Å². The van der Waals surface area contributed by atoms with Gasteiger partial charge in [0.05, 0.1) is 16.4 Å². The topological polar surface area (TPSA) is 54.2 Å². The molecule has 0 atom stereocenters. The van der Waals surface area contributed by atoms with Gasteiger partial charge in [-0.3, -0.25) is 0 Å². The van der Waals surface area contributed by atoms with Gasteiger partial charge < -0.3 is 16.0 Å². The molecule has 1 aromatic rings. The van der Waals surface area contributed by atoms with Gasteiger partial charge in [0.25, 0.3) is 0 Å². The van der Waals surface area contributed by atoms with Gasteiger partial charge in [-0.2, -0.15) is 0 Å². The molecule has 0 unspecified atom stereocenters. The quantitative estimate of drug-likeness (QED) is 0.811. The van der Waals surface area contributed by atoms with E-state index >= 15 is 0 Å². The van der Waals surface area contributed by atoms with E-state index in [1.807, 2.05) is 21.0 Å². The Morgan fingerprint density at radius 2 is 2.25 bits per heavy atom. The van der Waals surface area contributed by atoms with Crippen LogP contribution in [0.25, 0.3) is 0 Å². The fourth-order valence-corrected chi connectivity index (χ4v) is 2.08. The second-order valence-corrected chi connectivity index (χ2v) is 4.65. The lowest BCUT2D eigenvalue weighted by molar-refractivity contribution is 0.708. The molecule has 0 fully saturated rings. The van der Waals surface area contributed by atoms with E-state index < -0.39 is 0 Å². The molecule has 0 bridgehead atoms. The van der Waals surface area contributed by atoms with E-state index in [2.05, 4.69) is 31.1 Å². The fourth-order valence-electron chi connectivity index (χ4n) is 1.44. The van der Waals surface area contributed by atoms with Crippen molar-refractivity contribution in [1.82, 2.24) is 10.3 Å². The maximum atomic E-state index is 5.79. The molecule has 0 saturated heterocycles. The van der Waals surface area contributed by atoms with Crippen molar-refractivity contribution in [1.29, 1.82) is 0 Å². The van der Waals surface area contributed by atoms with Crippen LogP contribution in [0, 0.1) is 6.92 Å². The zero-order valence-corrected chi connectivity index (χ0v) is 11.6. The van der Waals surface area contributed by atoms with Gasteiger partial charge >= 0.3 is 0 Å². The van der Waals surface area contributed by atoms with Gasteiger partial charge in [0.15, 0.2) is 0 Å². The average molecular weight is 287 g/mol. The second kappa shape index (κ2) is 6.06. The van der Waals surface area contributed by atoms with Crippen LogP contribution in [0.3, 0.4) is 0 Å². The third-order valence-corrected chi connectivity index (χ3v) is 3.52. The minimum atomic E-state index is 0.722.